The first kappa shape index (κ1) is 13.8. The lowest BCUT2D eigenvalue weighted by Gasteiger charge is -2.39. The number of alkyl halides is 1. The minimum absolute atomic E-state index is 0.479. The minimum atomic E-state index is -0.479. The third kappa shape index (κ3) is 2.13. The van der Waals surface area contributed by atoms with Gasteiger partial charge in [-0.3, -0.25) is 4.90 Å². The molecule has 1 nitrogen and oxygen atoms in total. The van der Waals surface area contributed by atoms with Gasteiger partial charge in [0.1, 0.15) is 4.87 Å². The van der Waals surface area contributed by atoms with Crippen LogP contribution in [0.25, 0.3) is 10.8 Å². The fourth-order valence-electron chi connectivity index (χ4n) is 3.53. The molecule has 1 unspecified atom stereocenters. The van der Waals surface area contributed by atoms with Crippen molar-refractivity contribution in [3.8, 4) is 0 Å². The molecule has 110 valence electrons. The number of fused-ring (bicyclic) bond motifs is 2. The van der Waals surface area contributed by atoms with Gasteiger partial charge >= 0.3 is 0 Å². The van der Waals surface area contributed by atoms with Gasteiger partial charge in [-0.25, -0.2) is 0 Å². The molecule has 22 heavy (non-hydrogen) atoms. The van der Waals surface area contributed by atoms with Gasteiger partial charge in [0, 0.05) is 13.1 Å². The third-order valence-corrected chi connectivity index (χ3v) is 5.12. The topological polar surface area (TPSA) is 3.24 Å². The van der Waals surface area contributed by atoms with Crippen LogP contribution < -0.4 is 0 Å². The zero-order chi connectivity index (χ0) is 15.2. The Morgan fingerprint density at radius 3 is 2.50 bits per heavy atom. The summed E-state index contributed by atoms with van der Waals surface area (Å²) in [6.07, 6.45) is 0. The van der Waals surface area contributed by atoms with Crippen LogP contribution in [0.3, 0.4) is 0 Å². The Morgan fingerprint density at radius 2 is 1.64 bits per heavy atom. The zero-order valence-electron chi connectivity index (χ0n) is 12.6. The first-order valence-corrected chi connectivity index (χ1v) is 8.00. The average Bonchev–Trinajstić information content (AvgIpc) is 2.54. The quantitative estimate of drug-likeness (QED) is 0.585. The second kappa shape index (κ2) is 5.12. The van der Waals surface area contributed by atoms with Crippen molar-refractivity contribution in [3.05, 3.63) is 83.4 Å². The van der Waals surface area contributed by atoms with Gasteiger partial charge in [0.05, 0.1) is 0 Å². The molecule has 1 aliphatic rings. The van der Waals surface area contributed by atoms with E-state index in [1.54, 1.807) is 0 Å². The number of benzene rings is 3. The lowest BCUT2D eigenvalue weighted by atomic mass is 9.83. The summed E-state index contributed by atoms with van der Waals surface area (Å²) in [5.41, 5.74) is 3.73. The fraction of sp³-hybridized carbons (Fsp3) is 0.200. The van der Waals surface area contributed by atoms with Crippen molar-refractivity contribution in [2.24, 2.45) is 0 Å². The highest BCUT2D eigenvalue weighted by molar-refractivity contribution is 6.26. The molecule has 2 heteroatoms. The van der Waals surface area contributed by atoms with Crippen molar-refractivity contribution in [3.63, 3.8) is 0 Å². The summed E-state index contributed by atoms with van der Waals surface area (Å²) in [4.78, 5) is 1.82. The first-order valence-electron chi connectivity index (χ1n) is 7.62. The number of rotatable bonds is 1. The zero-order valence-corrected chi connectivity index (χ0v) is 13.3. The number of nitrogens with zero attached hydrogens (tertiary/aromatic N) is 1. The Labute approximate surface area is 136 Å². The average molecular weight is 308 g/mol. The summed E-state index contributed by atoms with van der Waals surface area (Å²) in [6.45, 7) is 1.78. The molecular formula is C20H18ClN. The summed E-state index contributed by atoms with van der Waals surface area (Å²) in [5.74, 6) is 0. The number of likely N-dealkylation sites (N-methyl/N-ethyl adjacent to an activating group) is 1. The molecule has 1 atom stereocenters. The van der Waals surface area contributed by atoms with Crippen molar-refractivity contribution in [2.45, 2.75) is 11.4 Å². The molecular weight excluding hydrogens is 290 g/mol. The van der Waals surface area contributed by atoms with Gasteiger partial charge < -0.3 is 0 Å². The van der Waals surface area contributed by atoms with Crippen LogP contribution in [0, 0.1) is 0 Å². The second-order valence-corrected chi connectivity index (χ2v) is 6.84. The van der Waals surface area contributed by atoms with Crippen LogP contribution in [0.1, 0.15) is 16.7 Å². The number of halogens is 1. The highest BCUT2D eigenvalue weighted by Crippen LogP contribution is 2.43. The van der Waals surface area contributed by atoms with Crippen LogP contribution in [-0.2, 0) is 11.4 Å². The number of hydrogen-bond acceptors (Lipinski definition) is 1. The molecule has 0 aliphatic carbocycles. The predicted molar refractivity (Wildman–Crippen MR) is 93.4 cm³/mol. The predicted octanol–water partition coefficient (Wildman–Crippen LogP) is 4.77. The summed E-state index contributed by atoms with van der Waals surface area (Å²) >= 11 is 7.18. The van der Waals surface area contributed by atoms with E-state index in [0.717, 1.165) is 13.1 Å². The number of hydrogen-bond donors (Lipinski definition) is 0. The lowest BCUT2D eigenvalue weighted by Crippen LogP contribution is -2.41. The molecule has 0 saturated heterocycles. The van der Waals surface area contributed by atoms with Gasteiger partial charge in [0.15, 0.2) is 0 Å². The highest BCUT2D eigenvalue weighted by Gasteiger charge is 2.38. The van der Waals surface area contributed by atoms with E-state index < -0.39 is 4.87 Å². The minimum Gasteiger partial charge on any atom is -0.300 e. The molecule has 0 radical (unpaired) electrons. The molecule has 0 saturated carbocycles. The molecule has 0 aromatic heterocycles. The highest BCUT2D eigenvalue weighted by atomic mass is 35.5. The largest absolute Gasteiger partial charge is 0.300 e. The lowest BCUT2D eigenvalue weighted by molar-refractivity contribution is 0.279. The molecule has 0 spiro atoms. The van der Waals surface area contributed by atoms with E-state index in [-0.39, 0.29) is 0 Å². The molecule has 0 bridgehead atoms. The Bertz CT molecular complexity index is 842. The van der Waals surface area contributed by atoms with Gasteiger partial charge in [-0.15, -0.1) is 11.6 Å². The van der Waals surface area contributed by atoms with E-state index in [4.69, 9.17) is 11.6 Å². The van der Waals surface area contributed by atoms with Crippen LogP contribution in [0.15, 0.2) is 66.7 Å². The van der Waals surface area contributed by atoms with Crippen molar-refractivity contribution >= 4 is 22.4 Å². The van der Waals surface area contributed by atoms with E-state index >= 15 is 0 Å². The molecule has 1 heterocycles. The molecule has 3 aromatic rings. The molecule has 0 fully saturated rings. The Kier molecular flexibility index (Phi) is 3.21. The molecule has 1 aliphatic heterocycles. The van der Waals surface area contributed by atoms with Gasteiger partial charge in [0.2, 0.25) is 0 Å². The smallest absolute Gasteiger partial charge is 0.107 e. The SMILES string of the molecule is CN1Cc2ccccc2C(Cl)(c2ccc3ccccc3c2)C1. The van der Waals surface area contributed by atoms with Gasteiger partial charge in [-0.2, -0.15) is 0 Å². The summed E-state index contributed by atoms with van der Waals surface area (Å²) in [6, 6.07) is 23.6. The molecule has 0 N–H and O–H groups in total. The van der Waals surface area contributed by atoms with Crippen molar-refractivity contribution in [2.75, 3.05) is 13.6 Å². The normalized spacial score (nSPS) is 21.7. The van der Waals surface area contributed by atoms with Gasteiger partial charge in [-0.1, -0.05) is 60.7 Å². The maximum absolute atomic E-state index is 7.18. The van der Waals surface area contributed by atoms with Gasteiger partial charge in [-0.05, 0) is 40.6 Å². The summed E-state index contributed by atoms with van der Waals surface area (Å²) in [7, 11) is 2.13. The monoisotopic (exact) mass is 307 g/mol. The van der Waals surface area contributed by atoms with E-state index in [9.17, 15) is 0 Å². The van der Waals surface area contributed by atoms with Gasteiger partial charge in [0.25, 0.3) is 0 Å². The Morgan fingerprint density at radius 1 is 0.909 bits per heavy atom. The fourth-order valence-corrected chi connectivity index (χ4v) is 4.04. The van der Waals surface area contributed by atoms with E-state index in [0.29, 0.717) is 0 Å². The third-order valence-electron chi connectivity index (χ3n) is 4.58. The van der Waals surface area contributed by atoms with Crippen LogP contribution in [0.5, 0.6) is 0 Å². The van der Waals surface area contributed by atoms with Crippen molar-refractivity contribution in [1.82, 2.24) is 4.90 Å². The maximum atomic E-state index is 7.18. The Balaban J connectivity index is 1.92. The summed E-state index contributed by atoms with van der Waals surface area (Å²) in [5, 5.41) is 2.50. The summed E-state index contributed by atoms with van der Waals surface area (Å²) < 4.78 is 0. The van der Waals surface area contributed by atoms with Crippen molar-refractivity contribution in [1.29, 1.82) is 0 Å². The molecule has 4 rings (SSSR count). The standard InChI is InChI=1S/C20H18ClN/c1-22-13-17-8-4-5-9-19(17)20(21,14-22)18-11-10-15-6-2-3-7-16(15)12-18/h2-12H,13-14H2,1H3. The molecule has 3 aromatic carbocycles. The maximum Gasteiger partial charge on any atom is 0.107 e. The van der Waals surface area contributed by atoms with Crippen LogP contribution >= 0.6 is 11.6 Å². The Hall–Kier alpha value is -1.83. The van der Waals surface area contributed by atoms with E-state index in [1.807, 2.05) is 0 Å². The van der Waals surface area contributed by atoms with Crippen molar-refractivity contribution < 1.29 is 0 Å². The van der Waals surface area contributed by atoms with Crippen LogP contribution in [-0.4, -0.2) is 18.5 Å². The second-order valence-electron chi connectivity index (χ2n) is 6.19. The van der Waals surface area contributed by atoms with Crippen LogP contribution in [0.2, 0.25) is 0 Å². The van der Waals surface area contributed by atoms with E-state index in [2.05, 4.69) is 78.7 Å². The van der Waals surface area contributed by atoms with Crippen LogP contribution in [0.4, 0.5) is 0 Å². The first-order chi connectivity index (χ1) is 10.7. The van der Waals surface area contributed by atoms with E-state index in [1.165, 1.54) is 27.5 Å². The molecule has 0 amide bonds.